The number of hydrogen-bond donors (Lipinski definition) is 2. The fourth-order valence-electron chi connectivity index (χ4n) is 4.69. The van der Waals surface area contributed by atoms with Crippen molar-refractivity contribution in [2.24, 2.45) is 11.8 Å². The van der Waals surface area contributed by atoms with Crippen LogP contribution in [0.3, 0.4) is 0 Å². The fraction of sp³-hybridized carbons (Fsp3) is 0.583. The van der Waals surface area contributed by atoms with Crippen LogP contribution in [0.5, 0.6) is 5.75 Å². The molecule has 34 heavy (non-hydrogen) atoms. The fourth-order valence-corrected chi connectivity index (χ4v) is 4.69. The minimum Gasteiger partial charge on any atom is -0.493 e. The van der Waals surface area contributed by atoms with Crippen molar-refractivity contribution in [3.05, 3.63) is 28.3 Å². The van der Waals surface area contributed by atoms with Crippen LogP contribution in [0, 0.1) is 17.7 Å². The van der Waals surface area contributed by atoms with Gasteiger partial charge in [-0.2, -0.15) is 0 Å². The standard InChI is InChI=1S/C24H32FN5O4/c1-15(31)29-7-3-17(4-8-29)13-26-24-27-21-12-19(11-20(25)22(21)23(33)28-24)34-14-18-5-9-30(10-6-18)16(2)32/h11-12,17-18H,3-10,13-14H2,1-2H3,(H2,26,27,28,33). The van der Waals surface area contributed by atoms with Crippen molar-refractivity contribution >= 4 is 28.7 Å². The van der Waals surface area contributed by atoms with Crippen molar-refractivity contribution in [3.8, 4) is 5.75 Å². The van der Waals surface area contributed by atoms with Gasteiger partial charge in [0.15, 0.2) is 0 Å². The lowest BCUT2D eigenvalue weighted by Gasteiger charge is -2.31. The molecule has 2 amide bonds. The summed E-state index contributed by atoms with van der Waals surface area (Å²) in [5, 5.41) is 3.07. The van der Waals surface area contributed by atoms with E-state index >= 15 is 0 Å². The zero-order valence-corrected chi connectivity index (χ0v) is 19.7. The van der Waals surface area contributed by atoms with Gasteiger partial charge in [-0.25, -0.2) is 9.37 Å². The summed E-state index contributed by atoms with van der Waals surface area (Å²) in [4.78, 5) is 46.1. The second-order valence-corrected chi connectivity index (χ2v) is 9.30. The first-order valence-electron chi connectivity index (χ1n) is 11.9. The number of amides is 2. The van der Waals surface area contributed by atoms with Crippen LogP contribution < -0.4 is 15.6 Å². The second-order valence-electron chi connectivity index (χ2n) is 9.30. The number of carbonyl (C=O) groups is 2. The van der Waals surface area contributed by atoms with Gasteiger partial charge in [0.1, 0.15) is 17.0 Å². The summed E-state index contributed by atoms with van der Waals surface area (Å²) in [6.07, 6.45) is 3.44. The smallest absolute Gasteiger partial charge is 0.263 e. The van der Waals surface area contributed by atoms with Crippen LogP contribution in [0.15, 0.2) is 16.9 Å². The van der Waals surface area contributed by atoms with Gasteiger partial charge in [-0.1, -0.05) is 0 Å². The molecule has 0 atom stereocenters. The minimum atomic E-state index is -0.671. The molecule has 2 aliphatic rings. The summed E-state index contributed by atoms with van der Waals surface area (Å²) in [7, 11) is 0. The lowest BCUT2D eigenvalue weighted by atomic mass is 9.97. The third-order valence-corrected chi connectivity index (χ3v) is 6.90. The van der Waals surface area contributed by atoms with E-state index in [-0.39, 0.29) is 28.6 Å². The highest BCUT2D eigenvalue weighted by molar-refractivity contribution is 5.80. The van der Waals surface area contributed by atoms with Crippen LogP contribution >= 0.6 is 0 Å². The quantitative estimate of drug-likeness (QED) is 0.667. The predicted molar refractivity (Wildman–Crippen MR) is 126 cm³/mol. The van der Waals surface area contributed by atoms with Crippen molar-refractivity contribution in [1.29, 1.82) is 0 Å². The van der Waals surface area contributed by atoms with E-state index in [0.29, 0.717) is 43.9 Å². The van der Waals surface area contributed by atoms with E-state index in [1.165, 1.54) is 6.07 Å². The predicted octanol–water partition coefficient (Wildman–Crippen LogP) is 2.37. The number of rotatable bonds is 6. The Morgan fingerprint density at radius 3 is 2.24 bits per heavy atom. The molecule has 4 rings (SSSR count). The molecule has 184 valence electrons. The lowest BCUT2D eigenvalue weighted by molar-refractivity contribution is -0.131. The van der Waals surface area contributed by atoms with Gasteiger partial charge in [-0.05, 0) is 37.5 Å². The van der Waals surface area contributed by atoms with Gasteiger partial charge in [0.2, 0.25) is 17.8 Å². The number of benzene rings is 1. The van der Waals surface area contributed by atoms with E-state index in [1.54, 1.807) is 19.9 Å². The van der Waals surface area contributed by atoms with E-state index in [9.17, 15) is 18.8 Å². The number of piperidine rings is 2. The van der Waals surface area contributed by atoms with Crippen LogP contribution in [-0.2, 0) is 9.59 Å². The number of fused-ring (bicyclic) bond motifs is 1. The van der Waals surface area contributed by atoms with Gasteiger partial charge < -0.3 is 19.9 Å². The monoisotopic (exact) mass is 473 g/mol. The molecule has 2 aromatic rings. The number of aromatic nitrogens is 2. The summed E-state index contributed by atoms with van der Waals surface area (Å²) >= 11 is 0. The Kier molecular flexibility index (Phi) is 7.33. The SMILES string of the molecule is CC(=O)N1CCC(CNc2nc3cc(OCC4CCN(C(C)=O)CC4)cc(F)c3c(=O)[nH]2)CC1. The zero-order valence-electron chi connectivity index (χ0n) is 19.7. The third-order valence-electron chi connectivity index (χ3n) is 6.90. The highest BCUT2D eigenvalue weighted by Crippen LogP contribution is 2.24. The molecule has 2 aliphatic heterocycles. The number of halogens is 1. The van der Waals surface area contributed by atoms with Gasteiger partial charge in [0.25, 0.3) is 5.56 Å². The van der Waals surface area contributed by atoms with E-state index in [4.69, 9.17) is 4.74 Å². The number of nitrogens with one attached hydrogen (secondary N) is 2. The number of anilines is 1. The molecular formula is C24H32FN5O4. The van der Waals surface area contributed by atoms with Gasteiger partial charge in [0.05, 0.1) is 12.1 Å². The summed E-state index contributed by atoms with van der Waals surface area (Å²) < 4.78 is 20.5. The third kappa shape index (κ3) is 5.66. The summed E-state index contributed by atoms with van der Waals surface area (Å²) in [5.41, 5.74) is -0.307. The zero-order chi connectivity index (χ0) is 24.2. The molecule has 1 aromatic carbocycles. The average molecular weight is 474 g/mol. The van der Waals surface area contributed by atoms with E-state index in [0.717, 1.165) is 38.8 Å². The molecule has 3 heterocycles. The first-order chi connectivity index (χ1) is 16.3. The number of ether oxygens (including phenoxy) is 1. The maximum atomic E-state index is 14.7. The van der Waals surface area contributed by atoms with E-state index < -0.39 is 11.4 Å². The largest absolute Gasteiger partial charge is 0.493 e. The van der Waals surface area contributed by atoms with Crippen molar-refractivity contribution in [1.82, 2.24) is 19.8 Å². The number of likely N-dealkylation sites (tertiary alicyclic amines) is 2. The first kappa shape index (κ1) is 24.0. The normalized spacial score (nSPS) is 17.7. The second kappa shape index (κ2) is 10.4. The number of H-pyrrole nitrogens is 1. The molecule has 2 fully saturated rings. The lowest BCUT2D eigenvalue weighted by Crippen LogP contribution is -2.38. The van der Waals surface area contributed by atoms with Crippen LogP contribution in [0.2, 0.25) is 0 Å². The number of nitrogens with zero attached hydrogens (tertiary/aromatic N) is 3. The summed E-state index contributed by atoms with van der Waals surface area (Å²) in [5.74, 6) is 0.771. The highest BCUT2D eigenvalue weighted by Gasteiger charge is 2.22. The molecule has 0 unspecified atom stereocenters. The minimum absolute atomic E-state index is 0.0817. The van der Waals surface area contributed by atoms with Crippen molar-refractivity contribution in [3.63, 3.8) is 0 Å². The summed E-state index contributed by atoms with van der Waals surface area (Å²) in [6, 6.07) is 2.81. The van der Waals surface area contributed by atoms with Crippen molar-refractivity contribution in [2.75, 3.05) is 44.6 Å². The van der Waals surface area contributed by atoms with Gasteiger partial charge in [-0.15, -0.1) is 0 Å². The Morgan fingerprint density at radius 1 is 1.06 bits per heavy atom. The Balaban J connectivity index is 1.38. The van der Waals surface area contributed by atoms with E-state index in [2.05, 4.69) is 15.3 Å². The average Bonchev–Trinajstić information content (AvgIpc) is 2.81. The van der Waals surface area contributed by atoms with E-state index in [1.807, 2.05) is 9.80 Å². The maximum Gasteiger partial charge on any atom is 0.263 e. The highest BCUT2D eigenvalue weighted by atomic mass is 19.1. The molecule has 0 aliphatic carbocycles. The Labute approximate surface area is 197 Å². The molecule has 9 nitrogen and oxygen atoms in total. The molecular weight excluding hydrogens is 441 g/mol. The molecule has 0 saturated carbocycles. The van der Waals surface area contributed by atoms with Crippen LogP contribution in [0.1, 0.15) is 39.5 Å². The first-order valence-corrected chi connectivity index (χ1v) is 11.9. The molecule has 0 radical (unpaired) electrons. The molecule has 2 N–H and O–H groups in total. The van der Waals surface area contributed by atoms with Gasteiger partial charge in [-0.3, -0.25) is 19.4 Å². The van der Waals surface area contributed by atoms with Crippen molar-refractivity contribution < 1.29 is 18.7 Å². The van der Waals surface area contributed by atoms with Crippen molar-refractivity contribution in [2.45, 2.75) is 39.5 Å². The number of aromatic amines is 1. The Morgan fingerprint density at radius 2 is 1.65 bits per heavy atom. The van der Waals surface area contributed by atoms with Crippen LogP contribution in [-0.4, -0.2) is 70.9 Å². The molecule has 10 heteroatoms. The Bertz CT molecular complexity index is 1100. The molecule has 2 saturated heterocycles. The molecule has 1 aromatic heterocycles. The topological polar surface area (TPSA) is 108 Å². The van der Waals surface area contributed by atoms with Gasteiger partial charge in [0, 0.05) is 58.7 Å². The molecule has 0 spiro atoms. The maximum absolute atomic E-state index is 14.7. The Hall–Kier alpha value is -3.17. The summed E-state index contributed by atoms with van der Waals surface area (Å²) in [6.45, 7) is 7.04. The van der Waals surface area contributed by atoms with Crippen LogP contribution in [0.25, 0.3) is 10.9 Å². The number of carbonyl (C=O) groups excluding carboxylic acids is 2. The molecule has 0 bridgehead atoms. The number of hydrogen-bond acceptors (Lipinski definition) is 6. The van der Waals surface area contributed by atoms with Crippen LogP contribution in [0.4, 0.5) is 10.3 Å². The van der Waals surface area contributed by atoms with Gasteiger partial charge >= 0.3 is 0 Å².